The monoisotopic (exact) mass is 268 g/mol. The predicted molar refractivity (Wildman–Crippen MR) is 72.5 cm³/mol. The summed E-state index contributed by atoms with van der Waals surface area (Å²) in [5, 5.41) is 1.94. The summed E-state index contributed by atoms with van der Waals surface area (Å²) < 4.78 is 5.57. The van der Waals surface area contributed by atoms with E-state index in [4.69, 9.17) is 10.5 Å². The van der Waals surface area contributed by atoms with Gasteiger partial charge >= 0.3 is 0 Å². The number of carbonyl (C=O) groups excluding carboxylic acids is 1. The van der Waals surface area contributed by atoms with Crippen molar-refractivity contribution in [1.29, 1.82) is 0 Å². The molecular weight excluding hydrogens is 248 g/mol. The van der Waals surface area contributed by atoms with Crippen LogP contribution in [0.3, 0.4) is 0 Å². The van der Waals surface area contributed by atoms with E-state index in [0.717, 1.165) is 24.3 Å². The summed E-state index contributed by atoms with van der Waals surface area (Å²) in [6, 6.07) is 3.29. The topological polar surface area (TPSA) is 55.6 Å². The lowest BCUT2D eigenvalue weighted by Gasteiger charge is -2.26. The molecule has 1 saturated heterocycles. The largest absolute Gasteiger partial charge is 0.376 e. The zero-order chi connectivity index (χ0) is 13.0. The van der Waals surface area contributed by atoms with Gasteiger partial charge in [-0.15, -0.1) is 11.3 Å². The predicted octanol–water partition coefficient (Wildman–Crippen LogP) is 1.78. The Balaban J connectivity index is 1.96. The number of hydrogen-bond donors (Lipinski definition) is 1. The molecule has 2 heterocycles. The minimum atomic E-state index is -0.536. The molecule has 1 aromatic rings. The van der Waals surface area contributed by atoms with Crippen LogP contribution in [-0.4, -0.2) is 36.6 Å². The summed E-state index contributed by atoms with van der Waals surface area (Å²) in [5.74, 6) is -0.00421. The second-order valence-electron chi connectivity index (χ2n) is 4.50. The minimum Gasteiger partial charge on any atom is -0.376 e. The number of ether oxygens (including phenoxy) is 1. The zero-order valence-corrected chi connectivity index (χ0v) is 11.5. The maximum atomic E-state index is 12.3. The van der Waals surface area contributed by atoms with Gasteiger partial charge < -0.3 is 15.4 Å². The molecule has 0 saturated carbocycles. The summed E-state index contributed by atoms with van der Waals surface area (Å²) in [5.41, 5.74) is 6.01. The number of rotatable bonds is 5. The van der Waals surface area contributed by atoms with Gasteiger partial charge in [0.15, 0.2) is 0 Å². The van der Waals surface area contributed by atoms with E-state index in [1.165, 1.54) is 11.3 Å². The molecule has 1 aliphatic rings. The van der Waals surface area contributed by atoms with Crippen LogP contribution in [0.4, 0.5) is 0 Å². The molecule has 4 nitrogen and oxygen atoms in total. The standard InChI is InChI=1S/C13H20N2O2S/c1-2-15(9-10-5-3-7-17-10)13(16)12(14)11-6-4-8-18-11/h4,6,8,10,12H,2-3,5,7,9,14H2,1H3. The summed E-state index contributed by atoms with van der Waals surface area (Å²) in [4.78, 5) is 15.0. The molecule has 1 aromatic heterocycles. The Hall–Kier alpha value is -0.910. The van der Waals surface area contributed by atoms with Crippen LogP contribution in [0.25, 0.3) is 0 Å². The molecule has 1 aliphatic heterocycles. The van der Waals surface area contributed by atoms with E-state index in [2.05, 4.69) is 0 Å². The molecule has 100 valence electrons. The van der Waals surface area contributed by atoms with E-state index in [0.29, 0.717) is 13.1 Å². The third-order valence-electron chi connectivity index (χ3n) is 3.26. The van der Waals surface area contributed by atoms with Crippen LogP contribution in [-0.2, 0) is 9.53 Å². The molecule has 0 aromatic carbocycles. The first kappa shape index (κ1) is 13.5. The second kappa shape index (κ2) is 6.31. The third kappa shape index (κ3) is 3.10. The molecule has 0 bridgehead atoms. The number of carbonyl (C=O) groups is 1. The fraction of sp³-hybridized carbons (Fsp3) is 0.615. The Labute approximate surface area is 112 Å². The Kier molecular flexibility index (Phi) is 4.74. The highest BCUT2D eigenvalue weighted by Crippen LogP contribution is 2.20. The van der Waals surface area contributed by atoms with Gasteiger partial charge in [-0.05, 0) is 31.2 Å². The van der Waals surface area contributed by atoms with Crippen molar-refractivity contribution in [3.05, 3.63) is 22.4 Å². The van der Waals surface area contributed by atoms with Gasteiger partial charge in [0.2, 0.25) is 5.91 Å². The Morgan fingerprint density at radius 2 is 2.56 bits per heavy atom. The van der Waals surface area contributed by atoms with Gasteiger partial charge in [0.1, 0.15) is 6.04 Å². The van der Waals surface area contributed by atoms with Gasteiger partial charge in [0.25, 0.3) is 0 Å². The van der Waals surface area contributed by atoms with E-state index in [9.17, 15) is 4.79 Å². The molecule has 0 radical (unpaired) electrons. The van der Waals surface area contributed by atoms with Crippen molar-refractivity contribution in [2.75, 3.05) is 19.7 Å². The lowest BCUT2D eigenvalue weighted by atomic mass is 10.2. The van der Waals surface area contributed by atoms with Gasteiger partial charge in [-0.1, -0.05) is 6.07 Å². The highest BCUT2D eigenvalue weighted by atomic mass is 32.1. The number of nitrogens with zero attached hydrogens (tertiary/aromatic N) is 1. The van der Waals surface area contributed by atoms with Crippen molar-refractivity contribution in [2.24, 2.45) is 5.73 Å². The summed E-state index contributed by atoms with van der Waals surface area (Å²) in [7, 11) is 0. The molecule has 0 spiro atoms. The molecule has 1 amide bonds. The van der Waals surface area contributed by atoms with Crippen LogP contribution in [0.2, 0.25) is 0 Å². The first-order valence-electron chi connectivity index (χ1n) is 6.41. The van der Waals surface area contributed by atoms with Crippen molar-refractivity contribution in [3.63, 3.8) is 0 Å². The normalized spacial score (nSPS) is 20.9. The van der Waals surface area contributed by atoms with Gasteiger partial charge in [-0.25, -0.2) is 0 Å². The fourth-order valence-electron chi connectivity index (χ4n) is 2.20. The van der Waals surface area contributed by atoms with E-state index in [-0.39, 0.29) is 12.0 Å². The van der Waals surface area contributed by atoms with Crippen LogP contribution in [0.1, 0.15) is 30.7 Å². The molecule has 2 atom stereocenters. The quantitative estimate of drug-likeness (QED) is 0.885. The van der Waals surface area contributed by atoms with Crippen molar-refractivity contribution >= 4 is 17.2 Å². The van der Waals surface area contributed by atoms with E-state index < -0.39 is 6.04 Å². The second-order valence-corrected chi connectivity index (χ2v) is 5.48. The third-order valence-corrected chi connectivity index (χ3v) is 4.21. The van der Waals surface area contributed by atoms with Crippen LogP contribution >= 0.6 is 11.3 Å². The summed E-state index contributed by atoms with van der Waals surface area (Å²) >= 11 is 1.53. The van der Waals surface area contributed by atoms with Gasteiger partial charge in [-0.2, -0.15) is 0 Å². The number of nitrogens with two attached hydrogens (primary N) is 1. The van der Waals surface area contributed by atoms with Gasteiger partial charge in [-0.3, -0.25) is 4.79 Å². The van der Waals surface area contributed by atoms with E-state index in [1.807, 2.05) is 24.4 Å². The molecular formula is C13H20N2O2S. The van der Waals surface area contributed by atoms with Crippen LogP contribution in [0.5, 0.6) is 0 Å². The molecule has 2 unspecified atom stereocenters. The molecule has 2 rings (SSSR count). The minimum absolute atomic E-state index is 0.00421. The number of hydrogen-bond acceptors (Lipinski definition) is 4. The average molecular weight is 268 g/mol. The van der Waals surface area contributed by atoms with Crippen molar-refractivity contribution in [2.45, 2.75) is 31.9 Å². The van der Waals surface area contributed by atoms with E-state index >= 15 is 0 Å². The van der Waals surface area contributed by atoms with Crippen LogP contribution in [0.15, 0.2) is 17.5 Å². The van der Waals surface area contributed by atoms with Crippen molar-refractivity contribution in [3.8, 4) is 0 Å². The molecule has 0 aliphatic carbocycles. The Morgan fingerprint density at radius 1 is 1.72 bits per heavy atom. The first-order valence-corrected chi connectivity index (χ1v) is 7.29. The lowest BCUT2D eigenvalue weighted by Crippen LogP contribution is -2.42. The molecule has 18 heavy (non-hydrogen) atoms. The summed E-state index contributed by atoms with van der Waals surface area (Å²) in [6.45, 7) is 4.13. The maximum Gasteiger partial charge on any atom is 0.244 e. The summed E-state index contributed by atoms with van der Waals surface area (Å²) in [6.07, 6.45) is 2.32. The molecule has 2 N–H and O–H groups in total. The highest BCUT2D eigenvalue weighted by Gasteiger charge is 2.26. The number of thiophene rings is 1. The smallest absolute Gasteiger partial charge is 0.244 e. The molecule has 5 heteroatoms. The SMILES string of the molecule is CCN(CC1CCCO1)C(=O)C(N)c1cccs1. The maximum absolute atomic E-state index is 12.3. The van der Waals surface area contributed by atoms with Crippen molar-refractivity contribution < 1.29 is 9.53 Å². The Bertz CT molecular complexity index is 374. The lowest BCUT2D eigenvalue weighted by molar-refractivity contribution is -0.134. The van der Waals surface area contributed by atoms with Crippen molar-refractivity contribution in [1.82, 2.24) is 4.90 Å². The van der Waals surface area contributed by atoms with E-state index in [1.54, 1.807) is 4.90 Å². The Morgan fingerprint density at radius 3 is 3.11 bits per heavy atom. The first-order chi connectivity index (χ1) is 8.72. The number of likely N-dealkylation sites (N-methyl/N-ethyl adjacent to an activating group) is 1. The van der Waals surface area contributed by atoms with Gasteiger partial charge in [0.05, 0.1) is 6.10 Å². The van der Waals surface area contributed by atoms with Gasteiger partial charge in [0, 0.05) is 24.6 Å². The zero-order valence-electron chi connectivity index (χ0n) is 10.7. The van der Waals surface area contributed by atoms with Crippen LogP contribution in [0, 0.1) is 0 Å². The number of amides is 1. The van der Waals surface area contributed by atoms with Crippen LogP contribution < -0.4 is 5.73 Å². The molecule has 1 fully saturated rings. The highest BCUT2D eigenvalue weighted by molar-refractivity contribution is 7.10. The average Bonchev–Trinajstić information content (AvgIpc) is 3.06. The fourth-order valence-corrected chi connectivity index (χ4v) is 2.91.